The molecule has 128 valence electrons. The van der Waals surface area contributed by atoms with Crippen LogP contribution in [0.2, 0.25) is 10.0 Å². The summed E-state index contributed by atoms with van der Waals surface area (Å²) in [5.41, 5.74) is 0. The van der Waals surface area contributed by atoms with E-state index in [1.54, 1.807) is 0 Å². The lowest BCUT2D eigenvalue weighted by Gasteiger charge is -2.30. The lowest BCUT2D eigenvalue weighted by Crippen LogP contribution is -2.43. The molecule has 0 aromatic heterocycles. The highest BCUT2D eigenvalue weighted by molar-refractivity contribution is 7.89. The molecule has 1 aliphatic heterocycles. The Morgan fingerprint density at radius 2 is 1.91 bits per heavy atom. The van der Waals surface area contributed by atoms with Crippen molar-refractivity contribution in [1.29, 1.82) is 0 Å². The summed E-state index contributed by atoms with van der Waals surface area (Å²) in [4.78, 5) is 12.1. The van der Waals surface area contributed by atoms with Gasteiger partial charge in [-0.25, -0.2) is 8.42 Å². The van der Waals surface area contributed by atoms with E-state index in [0.29, 0.717) is 37.5 Å². The number of benzene rings is 1. The lowest BCUT2D eigenvalue weighted by molar-refractivity contribution is -0.126. The van der Waals surface area contributed by atoms with Gasteiger partial charge in [0.25, 0.3) is 0 Å². The van der Waals surface area contributed by atoms with Gasteiger partial charge in [-0.1, -0.05) is 30.1 Å². The van der Waals surface area contributed by atoms with Gasteiger partial charge in [-0.3, -0.25) is 4.79 Å². The fourth-order valence-electron chi connectivity index (χ4n) is 2.54. The smallest absolute Gasteiger partial charge is 0.243 e. The summed E-state index contributed by atoms with van der Waals surface area (Å²) >= 11 is 11.7. The Balaban J connectivity index is 2.03. The van der Waals surface area contributed by atoms with Crippen LogP contribution in [0.25, 0.3) is 0 Å². The van der Waals surface area contributed by atoms with Crippen LogP contribution in [0.3, 0.4) is 0 Å². The number of nitrogens with one attached hydrogen (secondary N) is 1. The first kappa shape index (κ1) is 18.5. The third-order valence-electron chi connectivity index (χ3n) is 3.90. The maximum atomic E-state index is 12.6. The second kappa shape index (κ2) is 7.83. The van der Waals surface area contributed by atoms with Crippen LogP contribution in [0, 0.1) is 5.92 Å². The standard InChI is InChI=1S/C15H20Cl2N2O3S/c1-2-7-18-15(20)11-5-8-19(9-6-11)23(21,22)12-3-4-13(16)14(17)10-12/h3-4,10-11H,2,5-9H2,1H3,(H,18,20). The van der Waals surface area contributed by atoms with Crippen molar-refractivity contribution in [2.24, 2.45) is 5.92 Å². The summed E-state index contributed by atoms with van der Waals surface area (Å²) in [7, 11) is -3.61. The third-order valence-corrected chi connectivity index (χ3v) is 6.54. The van der Waals surface area contributed by atoms with Crippen LogP contribution in [0.1, 0.15) is 26.2 Å². The van der Waals surface area contributed by atoms with Crippen LogP contribution in [0.5, 0.6) is 0 Å². The maximum Gasteiger partial charge on any atom is 0.243 e. The molecule has 1 aliphatic rings. The molecule has 1 aromatic rings. The van der Waals surface area contributed by atoms with E-state index in [9.17, 15) is 13.2 Å². The first-order chi connectivity index (χ1) is 10.9. The van der Waals surface area contributed by atoms with Crippen LogP contribution in [-0.2, 0) is 14.8 Å². The molecular formula is C15H20Cl2N2O3S. The Labute approximate surface area is 147 Å². The molecule has 5 nitrogen and oxygen atoms in total. The fourth-order valence-corrected chi connectivity index (χ4v) is 4.40. The van der Waals surface area contributed by atoms with Crippen molar-refractivity contribution in [3.8, 4) is 0 Å². The first-order valence-corrected chi connectivity index (χ1v) is 9.78. The minimum absolute atomic E-state index is 0.0124. The van der Waals surface area contributed by atoms with Crippen LogP contribution in [0.15, 0.2) is 23.1 Å². The van der Waals surface area contributed by atoms with Gasteiger partial charge in [-0.2, -0.15) is 4.31 Å². The van der Waals surface area contributed by atoms with Gasteiger partial charge in [-0.05, 0) is 37.5 Å². The van der Waals surface area contributed by atoms with Gasteiger partial charge >= 0.3 is 0 Å². The van der Waals surface area contributed by atoms with E-state index in [-0.39, 0.29) is 21.7 Å². The van der Waals surface area contributed by atoms with Gasteiger partial charge in [-0.15, -0.1) is 0 Å². The number of nitrogens with zero attached hydrogens (tertiary/aromatic N) is 1. The van der Waals surface area contributed by atoms with E-state index in [1.807, 2.05) is 6.92 Å². The monoisotopic (exact) mass is 378 g/mol. The second-order valence-corrected chi connectivity index (χ2v) is 8.30. The third kappa shape index (κ3) is 4.38. The summed E-state index contributed by atoms with van der Waals surface area (Å²) in [5, 5.41) is 3.39. The number of halogens is 2. The number of carbonyl (C=O) groups is 1. The maximum absolute atomic E-state index is 12.6. The van der Waals surface area contributed by atoms with Gasteiger partial charge in [0.05, 0.1) is 14.9 Å². The highest BCUT2D eigenvalue weighted by atomic mass is 35.5. The lowest BCUT2D eigenvalue weighted by atomic mass is 9.97. The van der Waals surface area contributed by atoms with Crippen LogP contribution in [0.4, 0.5) is 0 Å². The van der Waals surface area contributed by atoms with E-state index < -0.39 is 10.0 Å². The average molecular weight is 379 g/mol. The molecule has 0 aliphatic carbocycles. The number of sulfonamides is 1. The van der Waals surface area contributed by atoms with E-state index >= 15 is 0 Å². The largest absolute Gasteiger partial charge is 0.356 e. The molecule has 0 saturated carbocycles. The Bertz CT molecular complexity index is 671. The number of hydrogen-bond donors (Lipinski definition) is 1. The summed E-state index contributed by atoms with van der Waals surface area (Å²) in [6, 6.07) is 4.28. The summed E-state index contributed by atoms with van der Waals surface area (Å²) in [5.74, 6) is -0.111. The minimum Gasteiger partial charge on any atom is -0.356 e. The van der Waals surface area contributed by atoms with Gasteiger partial charge in [0.1, 0.15) is 0 Å². The van der Waals surface area contributed by atoms with Crippen LogP contribution >= 0.6 is 23.2 Å². The molecule has 1 amide bonds. The Kier molecular flexibility index (Phi) is 6.31. The molecule has 1 N–H and O–H groups in total. The van der Waals surface area contributed by atoms with E-state index in [4.69, 9.17) is 23.2 Å². The van der Waals surface area contributed by atoms with Crippen LogP contribution < -0.4 is 5.32 Å². The molecule has 0 unspecified atom stereocenters. The zero-order valence-corrected chi connectivity index (χ0v) is 15.2. The van der Waals surface area contributed by atoms with Crippen LogP contribution in [-0.4, -0.2) is 38.3 Å². The van der Waals surface area contributed by atoms with Crippen molar-refractivity contribution < 1.29 is 13.2 Å². The molecule has 0 spiro atoms. The van der Waals surface area contributed by atoms with Gasteiger partial charge in [0.15, 0.2) is 0 Å². The first-order valence-electron chi connectivity index (χ1n) is 7.59. The molecule has 8 heteroatoms. The highest BCUT2D eigenvalue weighted by Gasteiger charge is 2.32. The molecular weight excluding hydrogens is 359 g/mol. The topological polar surface area (TPSA) is 66.5 Å². The molecule has 1 aromatic carbocycles. The number of hydrogen-bond acceptors (Lipinski definition) is 3. The average Bonchev–Trinajstić information content (AvgIpc) is 2.55. The quantitative estimate of drug-likeness (QED) is 0.856. The Morgan fingerprint density at radius 1 is 1.26 bits per heavy atom. The van der Waals surface area contributed by atoms with E-state index in [1.165, 1.54) is 22.5 Å². The van der Waals surface area contributed by atoms with Crippen molar-refractivity contribution in [2.45, 2.75) is 31.1 Å². The number of carbonyl (C=O) groups excluding carboxylic acids is 1. The zero-order valence-electron chi connectivity index (χ0n) is 12.9. The summed E-state index contributed by atoms with van der Waals surface area (Å²) in [6.07, 6.45) is 1.93. The molecule has 23 heavy (non-hydrogen) atoms. The molecule has 0 bridgehead atoms. The molecule has 1 heterocycles. The second-order valence-electron chi connectivity index (χ2n) is 5.55. The van der Waals surface area contributed by atoms with Gasteiger partial charge in [0, 0.05) is 25.6 Å². The number of amides is 1. The molecule has 1 saturated heterocycles. The van der Waals surface area contributed by atoms with E-state index in [2.05, 4.69) is 5.32 Å². The molecule has 1 fully saturated rings. The number of rotatable bonds is 5. The van der Waals surface area contributed by atoms with Crippen molar-refractivity contribution in [3.63, 3.8) is 0 Å². The predicted molar refractivity (Wildman–Crippen MR) is 91.2 cm³/mol. The minimum atomic E-state index is -3.61. The van der Waals surface area contributed by atoms with Crippen molar-refractivity contribution >= 4 is 39.1 Å². The molecule has 0 atom stereocenters. The Hall–Kier alpha value is -0.820. The zero-order chi connectivity index (χ0) is 17.0. The van der Waals surface area contributed by atoms with Gasteiger partial charge in [0.2, 0.25) is 15.9 Å². The predicted octanol–water partition coefficient (Wildman–Crippen LogP) is 2.92. The fraction of sp³-hybridized carbons (Fsp3) is 0.533. The van der Waals surface area contributed by atoms with Crippen molar-refractivity contribution in [2.75, 3.05) is 19.6 Å². The Morgan fingerprint density at radius 3 is 2.48 bits per heavy atom. The molecule has 0 radical (unpaired) electrons. The summed E-state index contributed by atoms with van der Waals surface area (Å²) < 4.78 is 26.6. The van der Waals surface area contributed by atoms with Crippen molar-refractivity contribution in [1.82, 2.24) is 9.62 Å². The SMILES string of the molecule is CCCNC(=O)C1CCN(S(=O)(=O)c2ccc(Cl)c(Cl)c2)CC1. The number of piperidine rings is 1. The molecule has 2 rings (SSSR count). The normalized spacial score (nSPS) is 17.2. The van der Waals surface area contributed by atoms with Gasteiger partial charge < -0.3 is 5.32 Å². The van der Waals surface area contributed by atoms with Crippen molar-refractivity contribution in [3.05, 3.63) is 28.2 Å². The van der Waals surface area contributed by atoms with E-state index in [0.717, 1.165) is 6.42 Å². The highest BCUT2D eigenvalue weighted by Crippen LogP contribution is 2.28. The summed E-state index contributed by atoms with van der Waals surface area (Å²) in [6.45, 7) is 3.30.